The molecule has 0 radical (unpaired) electrons. The van der Waals surface area contributed by atoms with Crippen molar-refractivity contribution in [2.45, 2.75) is 0 Å². The van der Waals surface area contributed by atoms with Crippen molar-refractivity contribution >= 4 is 11.6 Å². The van der Waals surface area contributed by atoms with E-state index in [1.807, 2.05) is 48.5 Å². The van der Waals surface area contributed by atoms with E-state index in [1.165, 1.54) is 0 Å². The molecule has 0 aliphatic rings. The molecule has 1 nitrogen and oxygen atoms in total. The van der Waals surface area contributed by atoms with Crippen molar-refractivity contribution in [3.63, 3.8) is 0 Å². The molecule has 0 aliphatic carbocycles. The van der Waals surface area contributed by atoms with Crippen molar-refractivity contribution in [1.29, 1.82) is 0 Å². The summed E-state index contributed by atoms with van der Waals surface area (Å²) in [5.41, 5.74) is 3.31. The van der Waals surface area contributed by atoms with E-state index in [0.717, 1.165) is 27.5 Å². The van der Waals surface area contributed by atoms with E-state index < -0.39 is 0 Å². The third-order valence-electron chi connectivity index (χ3n) is 2.83. The summed E-state index contributed by atoms with van der Waals surface area (Å²) >= 11 is 6.02. The molecule has 1 heterocycles. The second kappa shape index (κ2) is 4.71. The molecule has 1 aromatic heterocycles. The first kappa shape index (κ1) is 11.1. The summed E-state index contributed by atoms with van der Waals surface area (Å²) in [7, 11) is 0. The van der Waals surface area contributed by atoms with Crippen molar-refractivity contribution in [3.8, 4) is 22.5 Å². The molecular weight excluding hydrogens is 244 g/mol. The van der Waals surface area contributed by atoms with Gasteiger partial charge in [0.1, 0.15) is 5.76 Å². The van der Waals surface area contributed by atoms with Crippen molar-refractivity contribution in [3.05, 3.63) is 71.9 Å². The van der Waals surface area contributed by atoms with Crippen LogP contribution < -0.4 is 0 Å². The molecule has 0 atom stereocenters. The lowest BCUT2D eigenvalue weighted by Crippen LogP contribution is -1.79. The van der Waals surface area contributed by atoms with E-state index in [2.05, 4.69) is 12.1 Å². The Morgan fingerprint density at radius 1 is 0.722 bits per heavy atom. The maximum Gasteiger partial charge on any atom is 0.133 e. The van der Waals surface area contributed by atoms with Gasteiger partial charge >= 0.3 is 0 Å². The zero-order valence-corrected chi connectivity index (χ0v) is 10.4. The molecule has 0 N–H and O–H groups in total. The highest BCUT2D eigenvalue weighted by Gasteiger charge is 2.03. The van der Waals surface area contributed by atoms with Crippen LogP contribution >= 0.6 is 11.6 Å². The molecule has 3 rings (SSSR count). The van der Waals surface area contributed by atoms with E-state index in [9.17, 15) is 0 Å². The number of hydrogen-bond acceptors (Lipinski definition) is 1. The third-order valence-corrected chi connectivity index (χ3v) is 3.06. The molecule has 0 fully saturated rings. The molecule has 0 unspecified atom stereocenters. The van der Waals surface area contributed by atoms with Crippen LogP contribution in [0.2, 0.25) is 5.02 Å². The van der Waals surface area contributed by atoms with Crippen LogP contribution in [0.1, 0.15) is 0 Å². The van der Waals surface area contributed by atoms with E-state index >= 15 is 0 Å². The predicted octanol–water partition coefficient (Wildman–Crippen LogP) is 5.27. The Balaban J connectivity index is 2.06. The van der Waals surface area contributed by atoms with Crippen LogP contribution in [-0.2, 0) is 0 Å². The zero-order chi connectivity index (χ0) is 12.4. The first-order chi connectivity index (χ1) is 8.83. The van der Waals surface area contributed by atoms with Gasteiger partial charge in [0.2, 0.25) is 0 Å². The molecule has 0 saturated heterocycles. The second-order valence-electron chi connectivity index (χ2n) is 4.07. The summed E-state index contributed by atoms with van der Waals surface area (Å²) in [6, 6.07) is 19.9. The van der Waals surface area contributed by atoms with Crippen molar-refractivity contribution in [2.75, 3.05) is 0 Å². The largest absolute Gasteiger partial charge is 0.464 e. The summed E-state index contributed by atoms with van der Waals surface area (Å²) in [5, 5.41) is 0.746. The lowest BCUT2D eigenvalue weighted by Gasteiger charge is -2.04. The maximum atomic E-state index is 6.02. The van der Waals surface area contributed by atoms with Gasteiger partial charge in [-0.05, 0) is 41.5 Å². The minimum atomic E-state index is 0.746. The molecule has 0 aliphatic heterocycles. The normalized spacial score (nSPS) is 10.5. The van der Waals surface area contributed by atoms with Gasteiger partial charge in [-0.2, -0.15) is 0 Å². The zero-order valence-electron chi connectivity index (χ0n) is 9.64. The highest BCUT2D eigenvalue weighted by Crippen LogP contribution is 2.27. The lowest BCUT2D eigenvalue weighted by molar-refractivity contribution is 0.582. The molecule has 88 valence electrons. The monoisotopic (exact) mass is 254 g/mol. The van der Waals surface area contributed by atoms with Crippen LogP contribution in [0.15, 0.2) is 71.3 Å². The summed E-state index contributed by atoms with van der Waals surface area (Å²) in [4.78, 5) is 0. The average molecular weight is 255 g/mol. The van der Waals surface area contributed by atoms with Crippen molar-refractivity contribution in [1.82, 2.24) is 0 Å². The van der Waals surface area contributed by atoms with Crippen LogP contribution in [0.3, 0.4) is 0 Å². The minimum absolute atomic E-state index is 0.746. The van der Waals surface area contributed by atoms with E-state index in [4.69, 9.17) is 16.0 Å². The van der Waals surface area contributed by atoms with Crippen LogP contribution in [0, 0.1) is 0 Å². The van der Waals surface area contributed by atoms with Gasteiger partial charge in [0.05, 0.1) is 6.26 Å². The fraction of sp³-hybridized carbons (Fsp3) is 0. The highest BCUT2D eigenvalue weighted by atomic mass is 35.5. The summed E-state index contributed by atoms with van der Waals surface area (Å²) in [6.07, 6.45) is 1.68. The molecule has 0 bridgehead atoms. The smallest absolute Gasteiger partial charge is 0.133 e. The Morgan fingerprint density at radius 3 is 2.17 bits per heavy atom. The van der Waals surface area contributed by atoms with Gasteiger partial charge in [0.25, 0.3) is 0 Å². The summed E-state index contributed by atoms with van der Waals surface area (Å²) in [5.74, 6) is 0.874. The molecule has 3 aromatic rings. The van der Waals surface area contributed by atoms with Crippen LogP contribution in [0.5, 0.6) is 0 Å². The van der Waals surface area contributed by atoms with E-state index in [0.29, 0.717) is 0 Å². The predicted molar refractivity (Wildman–Crippen MR) is 74.6 cm³/mol. The average Bonchev–Trinajstić information content (AvgIpc) is 2.93. The molecule has 2 heteroatoms. The number of rotatable bonds is 2. The van der Waals surface area contributed by atoms with Crippen LogP contribution in [0.4, 0.5) is 0 Å². The summed E-state index contributed by atoms with van der Waals surface area (Å²) < 4.78 is 5.41. The fourth-order valence-electron chi connectivity index (χ4n) is 1.96. The van der Waals surface area contributed by atoms with Crippen LogP contribution in [0.25, 0.3) is 22.5 Å². The van der Waals surface area contributed by atoms with Gasteiger partial charge in [0.15, 0.2) is 0 Å². The number of halogens is 1. The van der Waals surface area contributed by atoms with Crippen molar-refractivity contribution in [2.24, 2.45) is 0 Å². The highest BCUT2D eigenvalue weighted by molar-refractivity contribution is 6.30. The van der Waals surface area contributed by atoms with E-state index in [1.54, 1.807) is 6.26 Å². The Morgan fingerprint density at radius 2 is 1.44 bits per heavy atom. The molecule has 0 spiro atoms. The molecule has 2 aromatic carbocycles. The Bertz CT molecular complexity index is 656. The third kappa shape index (κ3) is 2.18. The first-order valence-corrected chi connectivity index (χ1v) is 6.10. The van der Waals surface area contributed by atoms with Gasteiger partial charge in [-0.25, -0.2) is 0 Å². The number of furan rings is 1. The van der Waals surface area contributed by atoms with Crippen LogP contribution in [-0.4, -0.2) is 0 Å². The second-order valence-corrected chi connectivity index (χ2v) is 4.50. The molecular formula is C16H11ClO. The molecule has 0 saturated carbocycles. The minimum Gasteiger partial charge on any atom is -0.464 e. The van der Waals surface area contributed by atoms with Crippen molar-refractivity contribution < 1.29 is 4.42 Å². The molecule has 18 heavy (non-hydrogen) atoms. The topological polar surface area (TPSA) is 13.1 Å². The Hall–Kier alpha value is -1.99. The van der Waals surface area contributed by atoms with Gasteiger partial charge in [-0.3, -0.25) is 0 Å². The van der Waals surface area contributed by atoms with Gasteiger partial charge < -0.3 is 4.42 Å². The van der Waals surface area contributed by atoms with Gasteiger partial charge in [-0.15, -0.1) is 0 Å². The standard InChI is InChI=1S/C16H11ClO/c17-15-7-2-5-13(11-15)12-4-1-6-14(10-12)16-8-3-9-18-16/h1-11H. The van der Waals surface area contributed by atoms with Gasteiger partial charge in [-0.1, -0.05) is 41.9 Å². The fourth-order valence-corrected chi connectivity index (χ4v) is 2.15. The van der Waals surface area contributed by atoms with E-state index in [-0.39, 0.29) is 0 Å². The lowest BCUT2D eigenvalue weighted by atomic mass is 10.0. The molecule has 0 amide bonds. The quantitative estimate of drug-likeness (QED) is 0.607. The maximum absolute atomic E-state index is 6.02. The van der Waals surface area contributed by atoms with Gasteiger partial charge in [0, 0.05) is 10.6 Å². The summed E-state index contributed by atoms with van der Waals surface area (Å²) in [6.45, 7) is 0. The SMILES string of the molecule is Clc1cccc(-c2cccc(-c3ccco3)c2)c1. The Labute approximate surface area is 111 Å². The number of hydrogen-bond donors (Lipinski definition) is 0. The Kier molecular flexibility index (Phi) is 2.91. The number of benzene rings is 2. The first-order valence-electron chi connectivity index (χ1n) is 5.73.